The lowest BCUT2D eigenvalue weighted by molar-refractivity contribution is -0.138. The summed E-state index contributed by atoms with van der Waals surface area (Å²) in [6, 6.07) is 31.1. The molecule has 1 aromatic heterocycles. The zero-order chi connectivity index (χ0) is 36.1. The molecule has 2 aliphatic carbocycles. The van der Waals surface area contributed by atoms with Gasteiger partial charge in [-0.1, -0.05) is 117 Å². The summed E-state index contributed by atoms with van der Waals surface area (Å²) >= 11 is 0. The number of nitrogens with zero attached hydrogens (tertiary/aromatic N) is 3. The highest BCUT2D eigenvalue weighted by molar-refractivity contribution is 5.98. The third-order valence-corrected chi connectivity index (χ3v) is 10.3. The predicted octanol–water partition coefficient (Wildman–Crippen LogP) is 6.10. The fourth-order valence-electron chi connectivity index (χ4n) is 7.28. The van der Waals surface area contributed by atoms with Gasteiger partial charge in [0, 0.05) is 19.7 Å². The van der Waals surface area contributed by atoms with Crippen LogP contribution in [0.15, 0.2) is 97.1 Å². The normalized spacial score (nSPS) is 20.2. The van der Waals surface area contributed by atoms with Crippen LogP contribution in [0.4, 0.5) is 0 Å². The molecule has 6 rings (SSSR count). The first-order valence-corrected chi connectivity index (χ1v) is 18.7. The Kier molecular flexibility index (Phi) is 13.2. The van der Waals surface area contributed by atoms with Crippen LogP contribution in [0.2, 0.25) is 0 Å². The number of benzene rings is 3. The van der Waals surface area contributed by atoms with Crippen molar-refractivity contribution in [3.05, 3.63) is 125 Å². The van der Waals surface area contributed by atoms with Crippen LogP contribution in [0, 0.1) is 0 Å². The van der Waals surface area contributed by atoms with Gasteiger partial charge in [0.15, 0.2) is 5.69 Å². The standard InChI is InChI=1S/C42H51N5O5/c1-46(36-22-12-14-24-39(36)52-30-33-19-9-4-10-20-33)40(48)28-47-37(27-35(45-47)41(49)43-26-25-31-15-5-2-6-16-31)42(50)44-34-21-11-13-23-38(34)51-29-32-17-7-3-8-18-32/h2-10,15-20,27,34,36,38-39H,11-14,21-26,28-30H2,1H3,(H,43,49)(H,44,50)/t34-,36-,38-,39-/m0/s1. The first kappa shape index (κ1) is 37.0. The van der Waals surface area contributed by atoms with Crippen LogP contribution in [-0.2, 0) is 40.4 Å². The summed E-state index contributed by atoms with van der Waals surface area (Å²) in [5.41, 5.74) is 3.53. The number of likely N-dealkylation sites (N-methyl/N-ethyl adjacent to an activating group) is 1. The van der Waals surface area contributed by atoms with Crippen molar-refractivity contribution in [1.82, 2.24) is 25.3 Å². The molecule has 4 atom stereocenters. The van der Waals surface area contributed by atoms with Crippen molar-refractivity contribution in [3.63, 3.8) is 0 Å². The third kappa shape index (κ3) is 10.2. The number of carbonyl (C=O) groups excluding carboxylic acids is 3. The van der Waals surface area contributed by atoms with Gasteiger partial charge in [0.2, 0.25) is 5.91 Å². The molecule has 0 radical (unpaired) electrons. The summed E-state index contributed by atoms with van der Waals surface area (Å²) in [5, 5.41) is 10.7. The first-order valence-electron chi connectivity index (χ1n) is 18.7. The molecule has 2 aliphatic rings. The maximum absolute atomic E-state index is 14.0. The SMILES string of the molecule is CN(C(=O)Cn1nc(C(=O)NCCc2ccccc2)cc1C(=O)N[C@H]1CCCC[C@@H]1OCc1ccccc1)[C@H]1CCCC[C@@H]1OCc1ccccc1. The number of hydrogen-bond donors (Lipinski definition) is 2. The fourth-order valence-corrected chi connectivity index (χ4v) is 7.28. The average Bonchev–Trinajstić information content (AvgIpc) is 3.61. The van der Waals surface area contributed by atoms with E-state index < -0.39 is 5.91 Å². The molecule has 0 saturated heterocycles. The van der Waals surface area contributed by atoms with E-state index in [1.165, 1.54) is 10.7 Å². The zero-order valence-corrected chi connectivity index (χ0v) is 30.1. The van der Waals surface area contributed by atoms with E-state index >= 15 is 0 Å². The summed E-state index contributed by atoms with van der Waals surface area (Å²) in [7, 11) is 1.80. The molecule has 10 heteroatoms. The second-order valence-corrected chi connectivity index (χ2v) is 14.0. The second kappa shape index (κ2) is 18.6. The Balaban J connectivity index is 1.15. The van der Waals surface area contributed by atoms with Crippen LogP contribution in [0.5, 0.6) is 0 Å². The Hall–Kier alpha value is -4.80. The Bertz CT molecular complexity index is 1730. The molecule has 3 aromatic carbocycles. The number of rotatable bonds is 15. The predicted molar refractivity (Wildman–Crippen MR) is 199 cm³/mol. The van der Waals surface area contributed by atoms with Gasteiger partial charge < -0.3 is 25.0 Å². The van der Waals surface area contributed by atoms with Crippen molar-refractivity contribution in [1.29, 1.82) is 0 Å². The fraction of sp³-hybridized carbons (Fsp3) is 0.429. The number of hydrogen-bond acceptors (Lipinski definition) is 6. The highest BCUT2D eigenvalue weighted by Gasteiger charge is 2.33. The quantitative estimate of drug-likeness (QED) is 0.155. The van der Waals surface area contributed by atoms with Crippen LogP contribution in [0.25, 0.3) is 0 Å². The van der Waals surface area contributed by atoms with Crippen LogP contribution in [0.3, 0.4) is 0 Å². The molecular weight excluding hydrogens is 654 g/mol. The van der Waals surface area contributed by atoms with E-state index in [4.69, 9.17) is 9.47 Å². The van der Waals surface area contributed by atoms with Gasteiger partial charge in [0.05, 0.1) is 37.5 Å². The maximum Gasteiger partial charge on any atom is 0.271 e. The van der Waals surface area contributed by atoms with Gasteiger partial charge in [-0.2, -0.15) is 5.10 Å². The molecule has 0 bridgehead atoms. The third-order valence-electron chi connectivity index (χ3n) is 10.3. The van der Waals surface area contributed by atoms with Gasteiger partial charge in [-0.3, -0.25) is 14.4 Å². The highest BCUT2D eigenvalue weighted by atomic mass is 16.5. The summed E-state index contributed by atoms with van der Waals surface area (Å²) in [4.78, 5) is 43.0. The van der Waals surface area contributed by atoms with Gasteiger partial charge in [-0.15, -0.1) is 0 Å². The molecule has 0 spiro atoms. The van der Waals surface area contributed by atoms with Crippen molar-refractivity contribution in [2.24, 2.45) is 0 Å². The summed E-state index contributed by atoms with van der Waals surface area (Å²) in [6.45, 7) is 1.17. The van der Waals surface area contributed by atoms with E-state index in [1.54, 1.807) is 11.9 Å². The van der Waals surface area contributed by atoms with Crippen molar-refractivity contribution in [3.8, 4) is 0 Å². The Morgan fingerprint density at radius 2 is 1.29 bits per heavy atom. The molecule has 2 saturated carbocycles. The Morgan fingerprint density at radius 3 is 1.94 bits per heavy atom. The van der Waals surface area contributed by atoms with E-state index in [9.17, 15) is 14.4 Å². The van der Waals surface area contributed by atoms with Crippen LogP contribution in [0.1, 0.15) is 89.0 Å². The minimum Gasteiger partial charge on any atom is -0.371 e. The molecule has 1 heterocycles. The monoisotopic (exact) mass is 705 g/mol. The Morgan fingerprint density at radius 1 is 0.731 bits per heavy atom. The van der Waals surface area contributed by atoms with Gasteiger partial charge >= 0.3 is 0 Å². The smallest absolute Gasteiger partial charge is 0.271 e. The lowest BCUT2D eigenvalue weighted by Crippen LogP contribution is -2.49. The van der Waals surface area contributed by atoms with Crippen LogP contribution in [-0.4, -0.2) is 70.3 Å². The van der Waals surface area contributed by atoms with Gasteiger partial charge in [-0.25, -0.2) is 4.68 Å². The lowest BCUT2D eigenvalue weighted by atomic mass is 9.91. The number of amides is 3. The Labute approximate surface area is 306 Å². The summed E-state index contributed by atoms with van der Waals surface area (Å²) < 4.78 is 14.1. The summed E-state index contributed by atoms with van der Waals surface area (Å²) in [5.74, 6) is -0.976. The maximum atomic E-state index is 14.0. The van der Waals surface area contributed by atoms with Crippen molar-refractivity contribution in [2.75, 3.05) is 13.6 Å². The first-order chi connectivity index (χ1) is 25.4. The molecule has 274 valence electrons. The molecular formula is C42H51N5O5. The van der Waals surface area contributed by atoms with E-state index in [0.717, 1.165) is 68.1 Å². The highest BCUT2D eigenvalue weighted by Crippen LogP contribution is 2.27. The molecule has 0 unspecified atom stereocenters. The largest absolute Gasteiger partial charge is 0.371 e. The van der Waals surface area contributed by atoms with Crippen molar-refractivity contribution < 1.29 is 23.9 Å². The van der Waals surface area contributed by atoms with E-state index in [2.05, 4.69) is 15.7 Å². The summed E-state index contributed by atoms with van der Waals surface area (Å²) in [6.07, 6.45) is 7.76. The second-order valence-electron chi connectivity index (χ2n) is 14.0. The number of aromatic nitrogens is 2. The van der Waals surface area contributed by atoms with E-state index in [0.29, 0.717) is 26.2 Å². The van der Waals surface area contributed by atoms with Crippen LogP contribution < -0.4 is 10.6 Å². The van der Waals surface area contributed by atoms with Crippen molar-refractivity contribution in [2.45, 2.75) is 102 Å². The molecule has 0 aliphatic heterocycles. The topological polar surface area (TPSA) is 115 Å². The minimum absolute atomic E-state index is 0.0934. The number of nitrogens with one attached hydrogen (secondary N) is 2. The van der Waals surface area contributed by atoms with Gasteiger partial charge in [0.1, 0.15) is 12.2 Å². The molecule has 10 nitrogen and oxygen atoms in total. The lowest BCUT2D eigenvalue weighted by Gasteiger charge is -2.38. The molecule has 4 aromatic rings. The number of carbonyl (C=O) groups is 3. The minimum atomic E-state index is -0.395. The molecule has 52 heavy (non-hydrogen) atoms. The van der Waals surface area contributed by atoms with Crippen molar-refractivity contribution >= 4 is 17.7 Å². The van der Waals surface area contributed by atoms with E-state index in [-0.39, 0.29) is 54.0 Å². The number of ether oxygens (including phenoxy) is 2. The van der Waals surface area contributed by atoms with Crippen LogP contribution >= 0.6 is 0 Å². The molecule has 3 amide bonds. The van der Waals surface area contributed by atoms with E-state index in [1.807, 2.05) is 91.0 Å². The molecule has 2 fully saturated rings. The molecule has 2 N–H and O–H groups in total. The van der Waals surface area contributed by atoms with Gasteiger partial charge in [0.25, 0.3) is 11.8 Å². The van der Waals surface area contributed by atoms with Gasteiger partial charge in [-0.05, 0) is 48.8 Å². The zero-order valence-electron chi connectivity index (χ0n) is 30.1. The average molecular weight is 706 g/mol.